The summed E-state index contributed by atoms with van der Waals surface area (Å²) < 4.78 is 9.83. The number of nitrogens with zero attached hydrogens (tertiary/aromatic N) is 5. The van der Waals surface area contributed by atoms with E-state index in [1.807, 2.05) is 60.4 Å². The van der Waals surface area contributed by atoms with E-state index in [1.54, 1.807) is 23.9 Å². The normalized spacial score (nSPS) is 15.1. The molecule has 3 heterocycles. The third-order valence-electron chi connectivity index (χ3n) is 6.27. The van der Waals surface area contributed by atoms with E-state index in [0.29, 0.717) is 5.82 Å². The topological polar surface area (TPSA) is 88.6 Å². The van der Waals surface area contributed by atoms with Crippen LogP contribution in [0, 0.1) is 11.8 Å². The number of rotatable bonds is 7. The highest BCUT2D eigenvalue weighted by Gasteiger charge is 2.30. The van der Waals surface area contributed by atoms with E-state index in [1.165, 1.54) is 0 Å². The van der Waals surface area contributed by atoms with Crippen LogP contribution in [0.4, 0.5) is 5.95 Å². The number of aliphatic hydroxyl groups excluding tert-OH is 2. The smallest absolute Gasteiger partial charge is 0.205 e. The Morgan fingerprint density at radius 2 is 1.67 bits per heavy atom. The summed E-state index contributed by atoms with van der Waals surface area (Å²) in [5.74, 6) is 8.51. The number of ether oxygens (including phenoxy) is 1. The lowest BCUT2D eigenvalue weighted by molar-refractivity contribution is 0.165. The molecule has 1 aliphatic rings. The fraction of sp³-hybridized carbons (Fsp3) is 0.286. The van der Waals surface area contributed by atoms with E-state index < -0.39 is 12.1 Å². The third-order valence-corrected chi connectivity index (χ3v) is 6.27. The molecule has 184 valence electrons. The largest absolute Gasteiger partial charge is 0.487 e. The summed E-state index contributed by atoms with van der Waals surface area (Å²) in [5, 5.41) is 19.7. The first-order chi connectivity index (χ1) is 17.5. The van der Waals surface area contributed by atoms with Gasteiger partial charge in [-0.05, 0) is 42.3 Å². The van der Waals surface area contributed by atoms with Gasteiger partial charge in [0.05, 0.1) is 19.7 Å². The van der Waals surface area contributed by atoms with Crippen LogP contribution in [0.1, 0.15) is 30.5 Å². The Balaban J connectivity index is 1.19. The predicted molar refractivity (Wildman–Crippen MR) is 138 cm³/mol. The molecule has 8 nitrogen and oxygen atoms in total. The SMILES string of the molecule is C[C@H](O)c1nccn1[C@@H](C#Cc1ccc(-c2ccc(OC3CN(c4nccn4C)C3)cc2)cc1)CO. The zero-order valence-corrected chi connectivity index (χ0v) is 20.3. The van der Waals surface area contributed by atoms with Gasteiger partial charge >= 0.3 is 0 Å². The van der Waals surface area contributed by atoms with Crippen molar-refractivity contribution in [3.05, 3.63) is 84.7 Å². The van der Waals surface area contributed by atoms with Crippen molar-refractivity contribution in [3.8, 4) is 28.7 Å². The molecule has 0 radical (unpaired) electrons. The van der Waals surface area contributed by atoms with Gasteiger partial charge in [0.2, 0.25) is 5.95 Å². The van der Waals surface area contributed by atoms with Crippen LogP contribution < -0.4 is 9.64 Å². The van der Waals surface area contributed by atoms with Crippen molar-refractivity contribution < 1.29 is 14.9 Å². The van der Waals surface area contributed by atoms with Crippen LogP contribution in [0.15, 0.2) is 73.3 Å². The van der Waals surface area contributed by atoms with Gasteiger partial charge < -0.3 is 29.0 Å². The maximum Gasteiger partial charge on any atom is 0.205 e. The van der Waals surface area contributed by atoms with Crippen molar-refractivity contribution in [2.24, 2.45) is 7.05 Å². The van der Waals surface area contributed by atoms with Gasteiger partial charge in [-0.2, -0.15) is 0 Å². The molecule has 2 aromatic carbocycles. The molecule has 2 atom stereocenters. The summed E-state index contributed by atoms with van der Waals surface area (Å²) in [6.45, 7) is 3.13. The number of aromatic nitrogens is 4. The van der Waals surface area contributed by atoms with Crippen LogP contribution >= 0.6 is 0 Å². The summed E-state index contributed by atoms with van der Waals surface area (Å²) in [4.78, 5) is 10.7. The van der Waals surface area contributed by atoms with Crippen LogP contribution in [0.2, 0.25) is 0 Å². The van der Waals surface area contributed by atoms with Crippen molar-refractivity contribution >= 4 is 5.95 Å². The van der Waals surface area contributed by atoms with Gasteiger partial charge in [0.1, 0.15) is 29.8 Å². The van der Waals surface area contributed by atoms with Gasteiger partial charge in [0.25, 0.3) is 0 Å². The lowest BCUT2D eigenvalue weighted by Gasteiger charge is -2.39. The molecule has 1 saturated heterocycles. The standard InChI is InChI=1S/C28H29N5O3/c1-20(35)27-29-14-16-33(27)24(19-34)10-5-21-3-6-22(7-4-21)23-8-11-25(12-9-23)36-26-17-32(18-26)28-30-13-15-31(28)2/h3-4,6-9,11-16,20,24,26,34-35H,17-19H2,1-2H3/t20-,24-/m0/s1. The Hall–Kier alpha value is -4.06. The number of hydrogen-bond donors (Lipinski definition) is 2. The number of benzene rings is 2. The number of hydrogen-bond acceptors (Lipinski definition) is 6. The van der Waals surface area contributed by atoms with Gasteiger partial charge in [-0.1, -0.05) is 36.1 Å². The van der Waals surface area contributed by atoms with Crippen molar-refractivity contribution in [1.29, 1.82) is 0 Å². The molecule has 0 spiro atoms. The van der Waals surface area contributed by atoms with Gasteiger partial charge in [-0.15, -0.1) is 0 Å². The minimum Gasteiger partial charge on any atom is -0.487 e. The lowest BCUT2D eigenvalue weighted by Crippen LogP contribution is -2.54. The molecule has 2 aromatic heterocycles. The minimum absolute atomic E-state index is 0.159. The van der Waals surface area contributed by atoms with E-state index in [4.69, 9.17) is 4.74 Å². The fourth-order valence-corrected chi connectivity index (χ4v) is 4.28. The van der Waals surface area contributed by atoms with Crippen molar-refractivity contribution in [1.82, 2.24) is 19.1 Å². The van der Waals surface area contributed by atoms with Gasteiger partial charge in [-0.25, -0.2) is 9.97 Å². The molecule has 0 amide bonds. The third kappa shape index (κ3) is 4.98. The molecule has 8 heteroatoms. The minimum atomic E-state index is -0.734. The Morgan fingerprint density at radius 3 is 2.28 bits per heavy atom. The number of anilines is 1. The average molecular weight is 484 g/mol. The highest BCUT2D eigenvalue weighted by Crippen LogP contribution is 2.26. The van der Waals surface area contributed by atoms with Crippen LogP contribution in [-0.4, -0.2) is 55.1 Å². The molecule has 0 aliphatic carbocycles. The second kappa shape index (κ2) is 10.3. The molecule has 0 unspecified atom stereocenters. The van der Waals surface area contributed by atoms with Crippen molar-refractivity contribution in [3.63, 3.8) is 0 Å². The summed E-state index contributed by atoms with van der Waals surface area (Å²) >= 11 is 0. The first kappa shape index (κ1) is 23.7. The second-order valence-corrected chi connectivity index (χ2v) is 8.92. The van der Waals surface area contributed by atoms with Gasteiger partial charge in [0, 0.05) is 37.4 Å². The highest BCUT2D eigenvalue weighted by molar-refractivity contribution is 5.65. The molecular formula is C28H29N5O3. The summed E-state index contributed by atoms with van der Waals surface area (Å²) in [6.07, 6.45) is 6.50. The quantitative estimate of drug-likeness (QED) is 0.393. The zero-order chi connectivity index (χ0) is 25.1. The first-order valence-electron chi connectivity index (χ1n) is 11.9. The lowest BCUT2D eigenvalue weighted by atomic mass is 10.0. The Kier molecular flexibility index (Phi) is 6.76. The van der Waals surface area contributed by atoms with Gasteiger partial charge in [-0.3, -0.25) is 0 Å². The maximum absolute atomic E-state index is 9.87. The van der Waals surface area contributed by atoms with Crippen LogP contribution in [-0.2, 0) is 7.05 Å². The highest BCUT2D eigenvalue weighted by atomic mass is 16.5. The number of aliphatic hydroxyl groups is 2. The summed E-state index contributed by atoms with van der Waals surface area (Å²) in [5.41, 5.74) is 3.03. The average Bonchev–Trinajstić information content (AvgIpc) is 3.52. The molecule has 1 fully saturated rings. The zero-order valence-electron chi connectivity index (χ0n) is 20.3. The summed E-state index contributed by atoms with van der Waals surface area (Å²) in [6, 6.07) is 15.6. The van der Waals surface area contributed by atoms with Crippen LogP contribution in [0.3, 0.4) is 0 Å². The fourth-order valence-electron chi connectivity index (χ4n) is 4.28. The van der Waals surface area contributed by atoms with E-state index >= 15 is 0 Å². The molecule has 0 bridgehead atoms. The van der Waals surface area contributed by atoms with E-state index in [2.05, 4.69) is 38.8 Å². The number of imidazole rings is 2. The molecule has 2 N–H and O–H groups in total. The molecule has 5 rings (SSSR count). The predicted octanol–water partition coefficient (Wildman–Crippen LogP) is 3.19. The van der Waals surface area contributed by atoms with E-state index in [9.17, 15) is 10.2 Å². The van der Waals surface area contributed by atoms with Crippen molar-refractivity contribution in [2.45, 2.75) is 25.2 Å². The Bertz CT molecular complexity index is 1360. The Labute approximate surface area is 210 Å². The van der Waals surface area contributed by atoms with Crippen LogP contribution in [0.5, 0.6) is 5.75 Å². The number of aryl methyl sites for hydroxylation is 1. The molecule has 4 aromatic rings. The Morgan fingerprint density at radius 1 is 1.00 bits per heavy atom. The molecular weight excluding hydrogens is 454 g/mol. The maximum atomic E-state index is 9.87. The monoisotopic (exact) mass is 483 g/mol. The van der Waals surface area contributed by atoms with Crippen molar-refractivity contribution in [2.75, 3.05) is 24.6 Å². The summed E-state index contributed by atoms with van der Waals surface area (Å²) in [7, 11) is 2.00. The van der Waals surface area contributed by atoms with E-state index in [-0.39, 0.29) is 12.7 Å². The second-order valence-electron chi connectivity index (χ2n) is 8.92. The van der Waals surface area contributed by atoms with E-state index in [0.717, 1.165) is 41.5 Å². The van der Waals surface area contributed by atoms with Gasteiger partial charge in [0.15, 0.2) is 0 Å². The first-order valence-corrected chi connectivity index (χ1v) is 11.9. The molecule has 1 aliphatic heterocycles. The van der Waals surface area contributed by atoms with Crippen LogP contribution in [0.25, 0.3) is 11.1 Å². The molecule has 0 saturated carbocycles. The molecule has 36 heavy (non-hydrogen) atoms.